The molecule has 1 aromatic carbocycles. The van der Waals surface area contributed by atoms with E-state index in [4.69, 9.17) is 0 Å². The number of benzene rings is 1. The number of fused-ring (bicyclic) bond motifs is 1. The molecule has 1 saturated carbocycles. The molecule has 2 N–H and O–H groups in total. The van der Waals surface area contributed by atoms with Gasteiger partial charge in [0, 0.05) is 26.6 Å². The molecule has 0 radical (unpaired) electrons. The molecule has 24 heavy (non-hydrogen) atoms. The van der Waals surface area contributed by atoms with Crippen molar-refractivity contribution < 1.29 is 19.1 Å². The van der Waals surface area contributed by atoms with Gasteiger partial charge in [-0.1, -0.05) is 6.07 Å². The van der Waals surface area contributed by atoms with E-state index in [1.807, 2.05) is 0 Å². The molecule has 1 aliphatic carbocycles. The zero-order valence-electron chi connectivity index (χ0n) is 13.8. The predicted molar refractivity (Wildman–Crippen MR) is 86.9 cm³/mol. The van der Waals surface area contributed by atoms with E-state index in [9.17, 15) is 19.1 Å². The van der Waals surface area contributed by atoms with Gasteiger partial charge in [-0.3, -0.25) is 9.59 Å². The average Bonchev–Trinajstić information content (AvgIpc) is 2.87. The minimum atomic E-state index is -0.806. The Balaban J connectivity index is 1.55. The fourth-order valence-corrected chi connectivity index (χ4v) is 3.77. The van der Waals surface area contributed by atoms with Crippen LogP contribution in [0.3, 0.4) is 0 Å². The summed E-state index contributed by atoms with van der Waals surface area (Å²) in [5.41, 5.74) is 0.670. The van der Waals surface area contributed by atoms with Crippen LogP contribution >= 0.6 is 0 Å². The molecular formula is C18H23FN2O3. The number of amides is 2. The summed E-state index contributed by atoms with van der Waals surface area (Å²) in [6.07, 6.45) is 4.10. The van der Waals surface area contributed by atoms with Crippen molar-refractivity contribution >= 4 is 11.8 Å². The highest BCUT2D eigenvalue weighted by Gasteiger charge is 2.34. The van der Waals surface area contributed by atoms with Gasteiger partial charge in [0.05, 0.1) is 5.56 Å². The van der Waals surface area contributed by atoms with Crippen LogP contribution in [0.1, 0.15) is 48.5 Å². The predicted octanol–water partition coefficient (Wildman–Crippen LogP) is 2.43. The van der Waals surface area contributed by atoms with E-state index >= 15 is 0 Å². The maximum absolute atomic E-state index is 14.0. The number of hydrogen-bond acceptors (Lipinski definition) is 3. The maximum Gasteiger partial charge on any atom is 0.257 e. The van der Waals surface area contributed by atoms with Crippen molar-refractivity contribution in [3.8, 4) is 5.75 Å². The van der Waals surface area contributed by atoms with Crippen LogP contribution in [0.25, 0.3) is 0 Å². The summed E-state index contributed by atoms with van der Waals surface area (Å²) in [6.45, 7) is 3.29. The average molecular weight is 334 g/mol. The zero-order valence-corrected chi connectivity index (χ0v) is 13.8. The second kappa shape index (κ2) is 6.79. The van der Waals surface area contributed by atoms with E-state index in [1.54, 1.807) is 11.0 Å². The maximum atomic E-state index is 14.0. The van der Waals surface area contributed by atoms with E-state index < -0.39 is 11.6 Å². The van der Waals surface area contributed by atoms with Crippen molar-refractivity contribution in [3.63, 3.8) is 0 Å². The Morgan fingerprint density at radius 1 is 1.29 bits per heavy atom. The van der Waals surface area contributed by atoms with Gasteiger partial charge in [-0.05, 0) is 49.1 Å². The third kappa shape index (κ3) is 3.37. The second-order valence-corrected chi connectivity index (χ2v) is 6.94. The number of rotatable bonds is 4. The first-order valence-electron chi connectivity index (χ1n) is 8.49. The standard InChI is InChI=1S/C18H23FN2O3/c1-11(22)20-8-12-2-4-13(5-3-12)9-21-10-14-6-7-15(23)17(19)16(14)18(21)24/h6-7,12-13,23H,2-5,8-10H2,1H3,(H,20,22)/t12-,13-. The van der Waals surface area contributed by atoms with Gasteiger partial charge in [0.25, 0.3) is 5.91 Å². The summed E-state index contributed by atoms with van der Waals surface area (Å²) in [5, 5.41) is 12.3. The molecule has 0 spiro atoms. The molecule has 2 amide bonds. The lowest BCUT2D eigenvalue weighted by Crippen LogP contribution is -2.34. The molecular weight excluding hydrogens is 311 g/mol. The van der Waals surface area contributed by atoms with Gasteiger partial charge in [-0.15, -0.1) is 0 Å². The lowest BCUT2D eigenvalue weighted by Gasteiger charge is -2.31. The Labute approximate surface area is 140 Å². The molecule has 6 heteroatoms. The fourth-order valence-electron chi connectivity index (χ4n) is 3.77. The van der Waals surface area contributed by atoms with Gasteiger partial charge < -0.3 is 15.3 Å². The number of carbonyl (C=O) groups excluding carboxylic acids is 2. The van der Waals surface area contributed by atoms with Crippen molar-refractivity contribution in [1.29, 1.82) is 0 Å². The first kappa shape index (κ1) is 16.7. The third-order valence-corrected chi connectivity index (χ3v) is 5.15. The molecule has 1 fully saturated rings. The largest absolute Gasteiger partial charge is 0.505 e. The van der Waals surface area contributed by atoms with Gasteiger partial charge in [-0.25, -0.2) is 4.39 Å². The van der Waals surface area contributed by atoms with Crippen LogP contribution in [0.15, 0.2) is 12.1 Å². The molecule has 2 aliphatic rings. The lowest BCUT2D eigenvalue weighted by molar-refractivity contribution is -0.119. The first-order chi connectivity index (χ1) is 11.5. The first-order valence-corrected chi connectivity index (χ1v) is 8.49. The molecule has 0 aromatic heterocycles. The van der Waals surface area contributed by atoms with E-state index in [0.29, 0.717) is 30.5 Å². The monoisotopic (exact) mass is 334 g/mol. The van der Waals surface area contributed by atoms with Crippen molar-refractivity contribution in [2.75, 3.05) is 13.1 Å². The number of halogens is 1. The van der Waals surface area contributed by atoms with Crippen molar-refractivity contribution in [2.45, 2.75) is 39.2 Å². The molecule has 0 unspecified atom stereocenters. The number of nitrogens with zero attached hydrogens (tertiary/aromatic N) is 1. The Morgan fingerprint density at radius 3 is 2.62 bits per heavy atom. The number of carbonyl (C=O) groups is 2. The molecule has 0 bridgehead atoms. The van der Waals surface area contributed by atoms with E-state index in [0.717, 1.165) is 32.2 Å². The van der Waals surface area contributed by atoms with Crippen molar-refractivity contribution in [2.24, 2.45) is 11.8 Å². The van der Waals surface area contributed by atoms with Crippen LogP contribution in [-0.2, 0) is 11.3 Å². The molecule has 1 aliphatic heterocycles. The molecule has 5 nitrogen and oxygen atoms in total. The summed E-state index contributed by atoms with van der Waals surface area (Å²) in [5.74, 6) is -0.678. The highest BCUT2D eigenvalue weighted by atomic mass is 19.1. The van der Waals surface area contributed by atoms with E-state index in [1.165, 1.54) is 13.0 Å². The summed E-state index contributed by atoms with van der Waals surface area (Å²) >= 11 is 0. The minimum Gasteiger partial charge on any atom is -0.505 e. The number of phenols is 1. The topological polar surface area (TPSA) is 69.6 Å². The molecule has 1 heterocycles. The van der Waals surface area contributed by atoms with Gasteiger partial charge in [0.1, 0.15) is 0 Å². The smallest absolute Gasteiger partial charge is 0.257 e. The number of nitrogens with one attached hydrogen (secondary N) is 1. The van der Waals surface area contributed by atoms with Crippen LogP contribution < -0.4 is 5.32 Å². The van der Waals surface area contributed by atoms with Crippen LogP contribution in [0.4, 0.5) is 4.39 Å². The summed E-state index contributed by atoms with van der Waals surface area (Å²) in [6, 6.07) is 2.92. The van der Waals surface area contributed by atoms with E-state index in [2.05, 4.69) is 5.32 Å². The Bertz CT molecular complexity index is 654. The third-order valence-electron chi connectivity index (χ3n) is 5.15. The molecule has 1 aromatic rings. The normalized spacial score (nSPS) is 23.2. The van der Waals surface area contributed by atoms with Gasteiger partial charge in [0.2, 0.25) is 5.91 Å². The van der Waals surface area contributed by atoms with Gasteiger partial charge in [0.15, 0.2) is 11.6 Å². The van der Waals surface area contributed by atoms with Crippen LogP contribution in [-0.4, -0.2) is 34.9 Å². The van der Waals surface area contributed by atoms with Crippen LogP contribution in [0.5, 0.6) is 5.75 Å². The van der Waals surface area contributed by atoms with Crippen LogP contribution in [0, 0.1) is 17.7 Å². The Hall–Kier alpha value is -2.11. The second-order valence-electron chi connectivity index (χ2n) is 6.94. The highest BCUT2D eigenvalue weighted by molar-refractivity contribution is 5.99. The quantitative estimate of drug-likeness (QED) is 0.888. The number of phenolic OH excluding ortho intramolecular Hbond substituents is 1. The molecule has 0 atom stereocenters. The Kier molecular flexibility index (Phi) is 4.73. The van der Waals surface area contributed by atoms with E-state index in [-0.39, 0.29) is 17.4 Å². The zero-order chi connectivity index (χ0) is 17.3. The van der Waals surface area contributed by atoms with Crippen LogP contribution in [0.2, 0.25) is 0 Å². The van der Waals surface area contributed by atoms with Gasteiger partial charge >= 0.3 is 0 Å². The summed E-state index contributed by atoms with van der Waals surface area (Å²) in [4.78, 5) is 25.1. The summed E-state index contributed by atoms with van der Waals surface area (Å²) < 4.78 is 14.0. The minimum absolute atomic E-state index is 0.00262. The SMILES string of the molecule is CC(=O)NC[C@H]1CC[C@H](CN2Cc3ccc(O)c(F)c3C2=O)CC1. The van der Waals surface area contributed by atoms with Crippen molar-refractivity contribution in [3.05, 3.63) is 29.1 Å². The highest BCUT2D eigenvalue weighted by Crippen LogP contribution is 2.34. The lowest BCUT2D eigenvalue weighted by atomic mass is 9.81. The Morgan fingerprint density at radius 2 is 1.96 bits per heavy atom. The molecule has 130 valence electrons. The van der Waals surface area contributed by atoms with Gasteiger partial charge in [-0.2, -0.15) is 0 Å². The number of hydrogen-bond donors (Lipinski definition) is 2. The molecule has 0 saturated heterocycles. The summed E-state index contributed by atoms with van der Waals surface area (Å²) in [7, 11) is 0. The van der Waals surface area contributed by atoms with Crippen molar-refractivity contribution in [1.82, 2.24) is 10.2 Å². The number of aromatic hydroxyl groups is 1. The fraction of sp³-hybridized carbons (Fsp3) is 0.556. The molecule has 3 rings (SSSR count).